The minimum Gasteiger partial charge on any atom is -0.391 e. The van der Waals surface area contributed by atoms with Crippen LogP contribution in [-0.4, -0.2) is 36.8 Å². The Labute approximate surface area is 111 Å². The monoisotopic (exact) mass is 256 g/mol. The second-order valence-electron chi connectivity index (χ2n) is 5.52. The van der Waals surface area contributed by atoms with Crippen molar-refractivity contribution in [2.75, 3.05) is 19.6 Å². The van der Waals surface area contributed by atoms with Crippen LogP contribution in [-0.2, 0) is 4.79 Å². The van der Waals surface area contributed by atoms with Crippen LogP contribution < -0.4 is 10.6 Å². The highest BCUT2D eigenvalue weighted by atomic mass is 16.3. The molecule has 1 fully saturated rings. The molecule has 3 N–H and O–H groups in total. The molecule has 0 spiro atoms. The molecule has 0 aromatic carbocycles. The second kappa shape index (κ2) is 8.48. The van der Waals surface area contributed by atoms with Crippen molar-refractivity contribution in [3.63, 3.8) is 0 Å². The molecular weight excluding hydrogens is 228 g/mol. The van der Waals surface area contributed by atoms with Gasteiger partial charge in [0.1, 0.15) is 0 Å². The van der Waals surface area contributed by atoms with Crippen molar-refractivity contribution in [2.45, 2.75) is 52.1 Å². The lowest BCUT2D eigenvalue weighted by molar-refractivity contribution is -0.122. The molecule has 0 aromatic rings. The first kappa shape index (κ1) is 15.4. The first-order chi connectivity index (χ1) is 8.63. The van der Waals surface area contributed by atoms with Gasteiger partial charge in [0.05, 0.1) is 6.10 Å². The maximum atomic E-state index is 11.8. The number of rotatable bonds is 7. The molecule has 0 radical (unpaired) electrons. The van der Waals surface area contributed by atoms with E-state index in [4.69, 9.17) is 0 Å². The summed E-state index contributed by atoms with van der Waals surface area (Å²) in [6.45, 7) is 6.74. The third-order valence-corrected chi connectivity index (χ3v) is 3.85. The largest absolute Gasteiger partial charge is 0.391 e. The SMILES string of the molecule is CCCC(O)CNC(=O)CC(C)C1CCNCC1. The average molecular weight is 256 g/mol. The first-order valence-corrected chi connectivity index (χ1v) is 7.29. The summed E-state index contributed by atoms with van der Waals surface area (Å²) in [6.07, 6.45) is 4.24. The Morgan fingerprint density at radius 3 is 2.72 bits per heavy atom. The molecule has 106 valence electrons. The fraction of sp³-hybridized carbons (Fsp3) is 0.929. The summed E-state index contributed by atoms with van der Waals surface area (Å²) in [5.74, 6) is 1.18. The molecule has 0 saturated carbocycles. The molecule has 4 heteroatoms. The lowest BCUT2D eigenvalue weighted by Crippen LogP contribution is -2.35. The maximum absolute atomic E-state index is 11.8. The fourth-order valence-corrected chi connectivity index (χ4v) is 2.61. The van der Waals surface area contributed by atoms with Gasteiger partial charge in [-0.05, 0) is 44.2 Å². The Hall–Kier alpha value is -0.610. The Morgan fingerprint density at radius 2 is 2.11 bits per heavy atom. The summed E-state index contributed by atoms with van der Waals surface area (Å²) in [5.41, 5.74) is 0. The van der Waals surface area contributed by atoms with Crippen molar-refractivity contribution in [1.29, 1.82) is 0 Å². The van der Waals surface area contributed by atoms with Crippen LogP contribution in [0.3, 0.4) is 0 Å². The van der Waals surface area contributed by atoms with Gasteiger partial charge in [0.2, 0.25) is 5.91 Å². The summed E-state index contributed by atoms with van der Waals surface area (Å²) < 4.78 is 0. The summed E-state index contributed by atoms with van der Waals surface area (Å²) in [5, 5.41) is 15.7. The number of carbonyl (C=O) groups excluding carboxylic acids is 1. The molecule has 2 unspecified atom stereocenters. The molecule has 4 nitrogen and oxygen atoms in total. The summed E-state index contributed by atoms with van der Waals surface area (Å²) in [7, 11) is 0. The zero-order valence-electron chi connectivity index (χ0n) is 11.7. The van der Waals surface area contributed by atoms with Crippen LogP contribution >= 0.6 is 0 Å². The van der Waals surface area contributed by atoms with E-state index in [1.165, 1.54) is 12.8 Å². The van der Waals surface area contributed by atoms with Crippen LogP contribution in [0, 0.1) is 11.8 Å². The van der Waals surface area contributed by atoms with Crippen molar-refractivity contribution in [3.8, 4) is 0 Å². The number of hydrogen-bond donors (Lipinski definition) is 3. The van der Waals surface area contributed by atoms with Gasteiger partial charge in [-0.25, -0.2) is 0 Å². The van der Waals surface area contributed by atoms with E-state index in [2.05, 4.69) is 17.6 Å². The van der Waals surface area contributed by atoms with Crippen LogP contribution in [0.1, 0.15) is 46.0 Å². The molecule has 1 aliphatic rings. The first-order valence-electron chi connectivity index (χ1n) is 7.29. The van der Waals surface area contributed by atoms with Crippen LogP contribution in [0.2, 0.25) is 0 Å². The van der Waals surface area contributed by atoms with E-state index >= 15 is 0 Å². The molecule has 1 heterocycles. The van der Waals surface area contributed by atoms with Gasteiger partial charge >= 0.3 is 0 Å². The highest BCUT2D eigenvalue weighted by Gasteiger charge is 2.22. The third kappa shape index (κ3) is 5.83. The second-order valence-corrected chi connectivity index (χ2v) is 5.52. The molecule has 0 aliphatic carbocycles. The van der Waals surface area contributed by atoms with Crippen molar-refractivity contribution in [2.24, 2.45) is 11.8 Å². The predicted molar refractivity (Wildman–Crippen MR) is 73.3 cm³/mol. The van der Waals surface area contributed by atoms with E-state index in [0.717, 1.165) is 25.9 Å². The highest BCUT2D eigenvalue weighted by Crippen LogP contribution is 2.24. The van der Waals surface area contributed by atoms with Gasteiger partial charge in [0.15, 0.2) is 0 Å². The van der Waals surface area contributed by atoms with Gasteiger partial charge in [-0.3, -0.25) is 4.79 Å². The molecular formula is C14H28N2O2. The number of hydrogen-bond acceptors (Lipinski definition) is 3. The van der Waals surface area contributed by atoms with Crippen LogP contribution in [0.5, 0.6) is 0 Å². The highest BCUT2D eigenvalue weighted by molar-refractivity contribution is 5.76. The standard InChI is InChI=1S/C14H28N2O2/c1-3-4-13(17)10-16-14(18)9-11(2)12-5-7-15-8-6-12/h11-13,15,17H,3-10H2,1-2H3,(H,16,18). The van der Waals surface area contributed by atoms with Crippen molar-refractivity contribution in [1.82, 2.24) is 10.6 Å². The number of piperidine rings is 1. The summed E-state index contributed by atoms with van der Waals surface area (Å²) in [4.78, 5) is 11.8. The lowest BCUT2D eigenvalue weighted by atomic mass is 9.84. The lowest BCUT2D eigenvalue weighted by Gasteiger charge is -2.28. The van der Waals surface area contributed by atoms with Gasteiger partial charge in [-0.1, -0.05) is 20.3 Å². The molecule has 1 saturated heterocycles. The molecule has 2 atom stereocenters. The van der Waals surface area contributed by atoms with Crippen LogP contribution in [0.25, 0.3) is 0 Å². The number of aliphatic hydroxyl groups is 1. The van der Waals surface area contributed by atoms with Gasteiger partial charge in [0.25, 0.3) is 0 Å². The predicted octanol–water partition coefficient (Wildman–Crippen LogP) is 1.29. The number of nitrogens with one attached hydrogen (secondary N) is 2. The topological polar surface area (TPSA) is 61.4 Å². The molecule has 1 rings (SSSR count). The van der Waals surface area contributed by atoms with E-state index in [0.29, 0.717) is 24.8 Å². The Bertz CT molecular complexity index is 240. The van der Waals surface area contributed by atoms with Gasteiger partial charge in [0, 0.05) is 13.0 Å². The molecule has 1 amide bonds. The summed E-state index contributed by atoms with van der Waals surface area (Å²) in [6, 6.07) is 0. The minimum absolute atomic E-state index is 0.0798. The van der Waals surface area contributed by atoms with E-state index in [9.17, 15) is 9.90 Å². The van der Waals surface area contributed by atoms with Crippen LogP contribution in [0.15, 0.2) is 0 Å². The average Bonchev–Trinajstić information content (AvgIpc) is 2.38. The van der Waals surface area contributed by atoms with E-state index in [1.54, 1.807) is 0 Å². The smallest absolute Gasteiger partial charge is 0.220 e. The minimum atomic E-state index is -0.395. The fourth-order valence-electron chi connectivity index (χ4n) is 2.61. The van der Waals surface area contributed by atoms with Gasteiger partial charge < -0.3 is 15.7 Å². The summed E-state index contributed by atoms with van der Waals surface area (Å²) >= 11 is 0. The van der Waals surface area contributed by atoms with E-state index in [-0.39, 0.29) is 5.91 Å². The van der Waals surface area contributed by atoms with Crippen molar-refractivity contribution >= 4 is 5.91 Å². The maximum Gasteiger partial charge on any atom is 0.220 e. The van der Waals surface area contributed by atoms with Gasteiger partial charge in [-0.15, -0.1) is 0 Å². The molecule has 0 bridgehead atoms. The molecule has 18 heavy (non-hydrogen) atoms. The van der Waals surface area contributed by atoms with Crippen LogP contribution in [0.4, 0.5) is 0 Å². The van der Waals surface area contributed by atoms with Crippen molar-refractivity contribution in [3.05, 3.63) is 0 Å². The van der Waals surface area contributed by atoms with Crippen molar-refractivity contribution < 1.29 is 9.90 Å². The number of carbonyl (C=O) groups is 1. The quantitative estimate of drug-likeness (QED) is 0.643. The van der Waals surface area contributed by atoms with E-state index < -0.39 is 6.10 Å². The Kier molecular flexibility index (Phi) is 7.28. The Morgan fingerprint density at radius 1 is 1.44 bits per heavy atom. The molecule has 1 aliphatic heterocycles. The number of amides is 1. The van der Waals surface area contributed by atoms with E-state index in [1.807, 2.05) is 6.92 Å². The normalized spacial score (nSPS) is 20.4. The zero-order chi connectivity index (χ0) is 13.4. The van der Waals surface area contributed by atoms with Gasteiger partial charge in [-0.2, -0.15) is 0 Å². The molecule has 0 aromatic heterocycles. The number of aliphatic hydroxyl groups excluding tert-OH is 1. The third-order valence-electron chi connectivity index (χ3n) is 3.85. The zero-order valence-corrected chi connectivity index (χ0v) is 11.7. The Balaban J connectivity index is 2.18.